The van der Waals surface area contributed by atoms with Crippen molar-refractivity contribution in [2.75, 3.05) is 24.3 Å². The van der Waals surface area contributed by atoms with Gasteiger partial charge >= 0.3 is 0 Å². The summed E-state index contributed by atoms with van der Waals surface area (Å²) in [4.78, 5) is 7.56. The maximum Gasteiger partial charge on any atom is 0.185 e. The summed E-state index contributed by atoms with van der Waals surface area (Å²) in [7, 11) is 0. The largest absolute Gasteiger partial charge is 0.383 e. The molecule has 1 aliphatic rings. The molecule has 1 atom stereocenters. The topological polar surface area (TPSA) is 73.1 Å². The van der Waals surface area contributed by atoms with Crippen molar-refractivity contribution in [3.63, 3.8) is 0 Å². The lowest BCUT2D eigenvalue weighted by atomic mass is 10.1. The number of hydrogen-bond donors (Lipinski definition) is 2. The number of nitrogens with zero attached hydrogens (tertiary/aromatic N) is 2. The average Bonchev–Trinajstić information content (AvgIpc) is 3.04. The summed E-state index contributed by atoms with van der Waals surface area (Å²) in [5.74, 6) is -3.67. The van der Waals surface area contributed by atoms with Gasteiger partial charge in [0.1, 0.15) is 22.8 Å². The van der Waals surface area contributed by atoms with Crippen LogP contribution >= 0.6 is 0 Å². The monoisotopic (exact) mass is 328 g/mol. The van der Waals surface area contributed by atoms with Crippen molar-refractivity contribution in [2.45, 2.75) is 33.2 Å². The zero-order valence-electron chi connectivity index (χ0n) is 13.2. The molecule has 1 aromatic heterocycles. The second-order valence-electron chi connectivity index (χ2n) is 4.90. The van der Waals surface area contributed by atoms with Gasteiger partial charge in [-0.2, -0.15) is 0 Å². The van der Waals surface area contributed by atoms with Gasteiger partial charge < -0.3 is 15.8 Å². The Balaban J connectivity index is 0.000000924. The van der Waals surface area contributed by atoms with Crippen LogP contribution in [0.25, 0.3) is 10.9 Å². The van der Waals surface area contributed by atoms with E-state index in [9.17, 15) is 13.2 Å². The number of aromatic nitrogens is 2. The summed E-state index contributed by atoms with van der Waals surface area (Å²) in [5, 5.41) is 2.19. The number of hydrogen-bond acceptors (Lipinski definition) is 5. The third kappa shape index (κ3) is 3.17. The first-order valence-electron chi connectivity index (χ1n) is 7.43. The number of fused-ring (bicyclic) bond motifs is 1. The van der Waals surface area contributed by atoms with Crippen LogP contribution in [0, 0.1) is 24.4 Å². The Morgan fingerprint density at radius 2 is 1.83 bits per heavy atom. The molecule has 2 heterocycles. The van der Waals surface area contributed by atoms with Gasteiger partial charge in [-0.25, -0.2) is 23.1 Å². The van der Waals surface area contributed by atoms with E-state index < -0.39 is 28.5 Å². The first-order valence-corrected chi connectivity index (χ1v) is 7.43. The highest BCUT2D eigenvalue weighted by molar-refractivity contribution is 5.91. The van der Waals surface area contributed by atoms with Crippen LogP contribution in [-0.2, 0) is 4.74 Å². The Labute approximate surface area is 132 Å². The lowest BCUT2D eigenvalue weighted by Crippen LogP contribution is -2.21. The Morgan fingerprint density at radius 1 is 1.13 bits per heavy atom. The van der Waals surface area contributed by atoms with Crippen LogP contribution in [0.1, 0.15) is 26.1 Å². The standard InChI is InChI=1S/C13H13F3N4O.C2H6/c1-5-18-11-7(13(17)19-5)8(14)9(15)12(10(11)16)20-6-2-3-21-4-6;1-2/h6,20H,2-4H2,1H3,(H2,17,18,19);1-2H3. The van der Waals surface area contributed by atoms with Crippen molar-refractivity contribution in [3.05, 3.63) is 23.3 Å². The molecule has 0 bridgehead atoms. The molecular weight excluding hydrogens is 309 g/mol. The molecule has 1 aromatic carbocycles. The normalized spacial score (nSPS) is 17.0. The number of anilines is 2. The van der Waals surface area contributed by atoms with E-state index in [1.807, 2.05) is 13.8 Å². The lowest BCUT2D eigenvalue weighted by Gasteiger charge is -2.16. The maximum absolute atomic E-state index is 14.5. The number of aryl methyl sites for hydroxylation is 1. The molecule has 8 heteroatoms. The van der Waals surface area contributed by atoms with Crippen molar-refractivity contribution in [1.29, 1.82) is 0 Å². The van der Waals surface area contributed by atoms with Gasteiger partial charge in [-0.05, 0) is 13.3 Å². The fraction of sp³-hybridized carbons (Fsp3) is 0.467. The zero-order chi connectivity index (χ0) is 17.1. The van der Waals surface area contributed by atoms with Crippen molar-refractivity contribution >= 4 is 22.4 Å². The third-order valence-electron chi connectivity index (χ3n) is 3.39. The Hall–Kier alpha value is -2.09. The summed E-state index contributed by atoms with van der Waals surface area (Å²) in [6.45, 7) is 6.29. The van der Waals surface area contributed by atoms with Gasteiger partial charge in [0.15, 0.2) is 17.5 Å². The lowest BCUT2D eigenvalue weighted by molar-refractivity contribution is 0.195. The SMILES string of the molecule is CC.Cc1nc(N)c2c(F)c(F)c(NC3CCOC3)c(F)c2n1. The highest BCUT2D eigenvalue weighted by Crippen LogP contribution is 2.33. The van der Waals surface area contributed by atoms with Gasteiger partial charge in [-0.3, -0.25) is 0 Å². The molecular formula is C15H19F3N4O. The highest BCUT2D eigenvalue weighted by atomic mass is 19.2. The van der Waals surface area contributed by atoms with E-state index in [0.29, 0.717) is 19.6 Å². The van der Waals surface area contributed by atoms with E-state index >= 15 is 0 Å². The molecule has 3 rings (SSSR count). The Bertz CT molecular complexity index is 718. The number of halogens is 3. The van der Waals surface area contributed by atoms with Crippen molar-refractivity contribution in [1.82, 2.24) is 9.97 Å². The van der Waals surface area contributed by atoms with Crippen molar-refractivity contribution < 1.29 is 17.9 Å². The second-order valence-corrected chi connectivity index (χ2v) is 4.90. The molecule has 5 nitrogen and oxygen atoms in total. The minimum Gasteiger partial charge on any atom is -0.383 e. The summed E-state index contributed by atoms with van der Waals surface area (Å²) in [6, 6.07) is -0.272. The fourth-order valence-corrected chi connectivity index (χ4v) is 2.38. The summed E-state index contributed by atoms with van der Waals surface area (Å²) in [6.07, 6.45) is 0.587. The summed E-state index contributed by atoms with van der Waals surface area (Å²) >= 11 is 0. The zero-order valence-corrected chi connectivity index (χ0v) is 13.2. The number of ether oxygens (including phenoxy) is 1. The van der Waals surface area contributed by atoms with Crippen LogP contribution in [0.15, 0.2) is 0 Å². The predicted octanol–water partition coefficient (Wildman–Crippen LogP) is 3.16. The van der Waals surface area contributed by atoms with Gasteiger partial charge in [0, 0.05) is 6.61 Å². The Kier molecular flexibility index (Phi) is 5.25. The molecule has 3 N–H and O–H groups in total. The molecule has 0 radical (unpaired) electrons. The Morgan fingerprint density at radius 3 is 2.43 bits per heavy atom. The molecule has 0 amide bonds. The molecule has 23 heavy (non-hydrogen) atoms. The summed E-state index contributed by atoms with van der Waals surface area (Å²) < 4.78 is 47.8. The van der Waals surface area contributed by atoms with E-state index in [2.05, 4.69) is 15.3 Å². The smallest absolute Gasteiger partial charge is 0.185 e. The van der Waals surface area contributed by atoms with Crippen molar-refractivity contribution in [2.24, 2.45) is 0 Å². The highest BCUT2D eigenvalue weighted by Gasteiger charge is 2.26. The molecule has 1 unspecified atom stereocenters. The van der Waals surface area contributed by atoms with E-state index in [0.717, 1.165) is 0 Å². The minimum absolute atomic E-state index is 0.181. The van der Waals surface area contributed by atoms with Crippen LogP contribution in [0.5, 0.6) is 0 Å². The van der Waals surface area contributed by atoms with Crippen LogP contribution < -0.4 is 11.1 Å². The number of nitrogens with two attached hydrogens (primary N) is 1. The van der Waals surface area contributed by atoms with Gasteiger partial charge in [-0.1, -0.05) is 13.8 Å². The fourth-order valence-electron chi connectivity index (χ4n) is 2.38. The minimum atomic E-state index is -1.33. The van der Waals surface area contributed by atoms with Crippen molar-refractivity contribution in [3.8, 4) is 0 Å². The van der Waals surface area contributed by atoms with E-state index in [-0.39, 0.29) is 23.2 Å². The van der Waals surface area contributed by atoms with Gasteiger partial charge in [0.2, 0.25) is 0 Å². The van der Waals surface area contributed by atoms with Crippen LogP contribution in [0.3, 0.4) is 0 Å². The average molecular weight is 328 g/mol. The van der Waals surface area contributed by atoms with Crippen LogP contribution in [0.4, 0.5) is 24.7 Å². The summed E-state index contributed by atoms with van der Waals surface area (Å²) in [5.41, 5.74) is 4.66. The molecule has 0 saturated carbocycles. The van der Waals surface area contributed by atoms with Crippen LogP contribution in [0.2, 0.25) is 0 Å². The number of rotatable bonds is 2. The molecule has 126 valence electrons. The van der Waals surface area contributed by atoms with Gasteiger partial charge in [0.25, 0.3) is 0 Å². The molecule has 1 aliphatic heterocycles. The third-order valence-corrected chi connectivity index (χ3v) is 3.39. The molecule has 1 saturated heterocycles. The number of nitrogens with one attached hydrogen (secondary N) is 1. The van der Waals surface area contributed by atoms with Crippen LogP contribution in [-0.4, -0.2) is 29.2 Å². The van der Waals surface area contributed by atoms with Gasteiger partial charge in [0.05, 0.1) is 18.0 Å². The van der Waals surface area contributed by atoms with E-state index in [4.69, 9.17) is 10.5 Å². The number of nitrogen functional groups attached to an aromatic ring is 1. The van der Waals surface area contributed by atoms with E-state index in [1.54, 1.807) is 0 Å². The van der Waals surface area contributed by atoms with E-state index in [1.165, 1.54) is 6.92 Å². The maximum atomic E-state index is 14.5. The first-order chi connectivity index (χ1) is 11.0. The predicted molar refractivity (Wildman–Crippen MR) is 82.8 cm³/mol. The molecule has 0 aliphatic carbocycles. The second kappa shape index (κ2) is 6.99. The number of benzene rings is 1. The quantitative estimate of drug-likeness (QED) is 0.829. The molecule has 2 aromatic rings. The molecule has 0 spiro atoms. The van der Waals surface area contributed by atoms with Gasteiger partial charge in [-0.15, -0.1) is 0 Å². The first kappa shape index (κ1) is 17.3. The molecule has 1 fully saturated rings.